The van der Waals surface area contributed by atoms with E-state index in [9.17, 15) is 0 Å². The molecular weight excluding hydrogens is 560 g/mol. The minimum Gasteiger partial charge on any atom is -0.254 e. The van der Waals surface area contributed by atoms with Crippen molar-refractivity contribution in [3.05, 3.63) is 158 Å². The molecule has 0 spiro atoms. The molecule has 0 radical (unpaired) electrons. The molecule has 9 aromatic rings. The third-order valence-electron chi connectivity index (χ3n) is 8.76. The molecule has 0 atom stereocenters. The number of pyridine rings is 2. The fourth-order valence-corrected chi connectivity index (χ4v) is 6.55. The molecule has 0 N–H and O–H groups in total. The van der Waals surface area contributed by atoms with Crippen molar-refractivity contribution in [2.45, 2.75) is 0 Å². The molecule has 214 valence electrons. The van der Waals surface area contributed by atoms with Crippen LogP contribution in [0.2, 0.25) is 0 Å². The number of hydrogen-bond acceptors (Lipinski definition) is 4. The predicted molar refractivity (Wildman–Crippen MR) is 189 cm³/mol. The van der Waals surface area contributed by atoms with Gasteiger partial charge in [-0.3, -0.25) is 9.97 Å². The maximum absolute atomic E-state index is 5.26. The Morgan fingerprint density at radius 1 is 0.348 bits per heavy atom. The standard InChI is InChI=1S/C42H26N4/c1-2-10-27(11-3-1)28-18-20-29(21-19-28)42-45-38(36-24-30-12-4-5-14-32(30)33-15-6-7-16-34(33)36)26-39(46-42)37-25-31-13-8-22-43-40(31)41-35(37)17-9-23-44-41/h1-26H. The van der Waals surface area contributed by atoms with E-state index < -0.39 is 0 Å². The zero-order valence-electron chi connectivity index (χ0n) is 24.8. The molecule has 6 aromatic carbocycles. The van der Waals surface area contributed by atoms with Crippen molar-refractivity contribution in [3.63, 3.8) is 0 Å². The number of nitrogens with zero attached hydrogens (tertiary/aromatic N) is 4. The summed E-state index contributed by atoms with van der Waals surface area (Å²) in [6.45, 7) is 0. The summed E-state index contributed by atoms with van der Waals surface area (Å²) >= 11 is 0. The number of benzene rings is 6. The molecule has 0 unspecified atom stereocenters. The summed E-state index contributed by atoms with van der Waals surface area (Å²) in [6.07, 6.45) is 3.65. The first kappa shape index (κ1) is 26.2. The van der Waals surface area contributed by atoms with Crippen LogP contribution in [0.4, 0.5) is 0 Å². The van der Waals surface area contributed by atoms with Gasteiger partial charge in [0.15, 0.2) is 5.82 Å². The lowest BCUT2D eigenvalue weighted by molar-refractivity contribution is 1.19. The monoisotopic (exact) mass is 586 g/mol. The Kier molecular flexibility index (Phi) is 6.10. The van der Waals surface area contributed by atoms with Gasteiger partial charge in [0, 0.05) is 39.9 Å². The van der Waals surface area contributed by atoms with Crippen molar-refractivity contribution < 1.29 is 0 Å². The van der Waals surface area contributed by atoms with Crippen LogP contribution in [0.1, 0.15) is 0 Å². The van der Waals surface area contributed by atoms with E-state index in [1.54, 1.807) is 0 Å². The Labute approximate surface area is 265 Å². The second-order valence-electron chi connectivity index (χ2n) is 11.5. The average Bonchev–Trinajstić information content (AvgIpc) is 3.14. The summed E-state index contributed by atoms with van der Waals surface area (Å²) in [5.74, 6) is 0.674. The van der Waals surface area contributed by atoms with Gasteiger partial charge in [0.25, 0.3) is 0 Å². The minimum atomic E-state index is 0.674. The Morgan fingerprint density at radius 2 is 0.891 bits per heavy atom. The normalized spacial score (nSPS) is 11.5. The van der Waals surface area contributed by atoms with Gasteiger partial charge in [-0.25, -0.2) is 9.97 Å². The SMILES string of the molecule is c1ccc(-c2ccc(-c3nc(-c4cc5ccccc5c5ccccc45)cc(-c4cc5cccnc5c5ncccc45)n3)cc2)cc1. The van der Waals surface area contributed by atoms with Crippen LogP contribution in [-0.4, -0.2) is 19.9 Å². The van der Waals surface area contributed by atoms with Gasteiger partial charge in [-0.2, -0.15) is 0 Å². The quantitative estimate of drug-likeness (QED) is 0.193. The fraction of sp³-hybridized carbons (Fsp3) is 0. The van der Waals surface area contributed by atoms with Gasteiger partial charge in [-0.15, -0.1) is 0 Å². The minimum absolute atomic E-state index is 0.674. The first-order valence-electron chi connectivity index (χ1n) is 15.4. The summed E-state index contributed by atoms with van der Waals surface area (Å²) in [6, 6.07) is 50.8. The molecule has 3 heterocycles. The molecule has 0 saturated heterocycles. The van der Waals surface area contributed by atoms with Crippen LogP contribution < -0.4 is 0 Å². The maximum atomic E-state index is 5.26. The van der Waals surface area contributed by atoms with Crippen molar-refractivity contribution in [2.75, 3.05) is 0 Å². The molecule has 3 aromatic heterocycles. The summed E-state index contributed by atoms with van der Waals surface area (Å²) in [4.78, 5) is 19.9. The van der Waals surface area contributed by atoms with E-state index in [0.29, 0.717) is 5.82 Å². The molecule has 0 saturated carbocycles. The van der Waals surface area contributed by atoms with Crippen LogP contribution in [0.15, 0.2) is 158 Å². The zero-order valence-corrected chi connectivity index (χ0v) is 24.8. The Bertz CT molecular complexity index is 2440. The summed E-state index contributed by atoms with van der Waals surface area (Å²) in [7, 11) is 0. The Hall–Kier alpha value is -6.26. The van der Waals surface area contributed by atoms with Gasteiger partial charge in [0.1, 0.15) is 0 Å². The van der Waals surface area contributed by atoms with E-state index >= 15 is 0 Å². The molecule has 0 aliphatic rings. The number of hydrogen-bond donors (Lipinski definition) is 0. The van der Waals surface area contributed by atoms with Crippen molar-refractivity contribution in [3.8, 4) is 45.0 Å². The smallest absolute Gasteiger partial charge is 0.160 e. The van der Waals surface area contributed by atoms with Crippen LogP contribution in [-0.2, 0) is 0 Å². The summed E-state index contributed by atoms with van der Waals surface area (Å²) < 4.78 is 0. The third kappa shape index (κ3) is 4.39. The van der Waals surface area contributed by atoms with Crippen LogP contribution in [0.5, 0.6) is 0 Å². The van der Waals surface area contributed by atoms with Crippen LogP contribution in [0.3, 0.4) is 0 Å². The molecule has 0 amide bonds. The highest BCUT2D eigenvalue weighted by atomic mass is 14.9. The predicted octanol–water partition coefficient (Wildman–Crippen LogP) is 10.5. The van der Waals surface area contributed by atoms with Gasteiger partial charge in [0.2, 0.25) is 0 Å². The van der Waals surface area contributed by atoms with E-state index in [4.69, 9.17) is 15.0 Å². The van der Waals surface area contributed by atoms with Crippen molar-refractivity contribution in [1.82, 2.24) is 19.9 Å². The van der Waals surface area contributed by atoms with Gasteiger partial charge in [-0.1, -0.05) is 115 Å². The second kappa shape index (κ2) is 10.7. The van der Waals surface area contributed by atoms with E-state index in [1.807, 2.05) is 30.6 Å². The molecule has 4 heteroatoms. The zero-order chi connectivity index (χ0) is 30.5. The molecule has 0 aliphatic carbocycles. The second-order valence-corrected chi connectivity index (χ2v) is 11.5. The lowest BCUT2D eigenvalue weighted by Gasteiger charge is -2.15. The fourth-order valence-electron chi connectivity index (χ4n) is 6.55. The highest BCUT2D eigenvalue weighted by molar-refractivity contribution is 6.14. The van der Waals surface area contributed by atoms with Crippen molar-refractivity contribution in [1.29, 1.82) is 0 Å². The number of aromatic nitrogens is 4. The van der Waals surface area contributed by atoms with Crippen LogP contribution in [0, 0.1) is 0 Å². The Morgan fingerprint density at radius 3 is 1.70 bits per heavy atom. The first-order chi connectivity index (χ1) is 22.8. The van der Waals surface area contributed by atoms with Crippen molar-refractivity contribution in [2.24, 2.45) is 0 Å². The van der Waals surface area contributed by atoms with E-state index in [0.717, 1.165) is 60.8 Å². The molecule has 0 fully saturated rings. The molecule has 0 aliphatic heterocycles. The van der Waals surface area contributed by atoms with Gasteiger partial charge in [0.05, 0.1) is 22.4 Å². The Balaban J connectivity index is 1.32. The summed E-state index contributed by atoms with van der Waals surface area (Å²) in [5.41, 5.74) is 8.82. The summed E-state index contributed by atoms with van der Waals surface area (Å²) in [5, 5.41) is 6.80. The maximum Gasteiger partial charge on any atom is 0.160 e. The number of rotatable bonds is 4. The first-order valence-corrected chi connectivity index (χ1v) is 15.4. The third-order valence-corrected chi connectivity index (χ3v) is 8.76. The molecular formula is C42H26N4. The molecule has 4 nitrogen and oxygen atoms in total. The van der Waals surface area contributed by atoms with Gasteiger partial charge < -0.3 is 0 Å². The van der Waals surface area contributed by atoms with Gasteiger partial charge in [-0.05, 0) is 63.0 Å². The highest BCUT2D eigenvalue weighted by Crippen LogP contribution is 2.38. The molecule has 9 rings (SSSR count). The van der Waals surface area contributed by atoms with Crippen molar-refractivity contribution >= 4 is 43.4 Å². The molecule has 0 bridgehead atoms. The molecule has 46 heavy (non-hydrogen) atoms. The van der Waals surface area contributed by atoms with Crippen LogP contribution in [0.25, 0.3) is 88.4 Å². The average molecular weight is 587 g/mol. The topological polar surface area (TPSA) is 51.6 Å². The lowest BCUT2D eigenvalue weighted by atomic mass is 9.94. The largest absolute Gasteiger partial charge is 0.254 e. The number of fused-ring (bicyclic) bond motifs is 6. The van der Waals surface area contributed by atoms with E-state index in [2.05, 4.69) is 132 Å². The highest BCUT2D eigenvalue weighted by Gasteiger charge is 2.17. The lowest BCUT2D eigenvalue weighted by Crippen LogP contribution is -1.98. The van der Waals surface area contributed by atoms with E-state index in [1.165, 1.54) is 21.7 Å². The van der Waals surface area contributed by atoms with Crippen LogP contribution >= 0.6 is 0 Å². The van der Waals surface area contributed by atoms with E-state index in [-0.39, 0.29) is 0 Å². The van der Waals surface area contributed by atoms with Gasteiger partial charge >= 0.3 is 0 Å².